The van der Waals surface area contributed by atoms with Crippen molar-refractivity contribution in [1.29, 1.82) is 0 Å². The van der Waals surface area contributed by atoms with E-state index in [9.17, 15) is 26.4 Å². The lowest BCUT2D eigenvalue weighted by Crippen LogP contribution is -2.19. The third-order valence-electron chi connectivity index (χ3n) is 3.85. The van der Waals surface area contributed by atoms with Crippen molar-refractivity contribution in [1.82, 2.24) is 15.4 Å². The summed E-state index contributed by atoms with van der Waals surface area (Å²) in [7, 11) is -4.08. The Morgan fingerprint density at radius 1 is 1.10 bits per heavy atom. The molecule has 0 unspecified atom stereocenters. The number of amides is 1. The number of nitrogens with zero attached hydrogens (tertiary/aromatic N) is 2. The number of hydrogen-bond donors (Lipinski definition) is 3. The van der Waals surface area contributed by atoms with Crippen LogP contribution in [-0.4, -0.2) is 29.7 Å². The summed E-state index contributed by atoms with van der Waals surface area (Å²) in [6.07, 6.45) is -4.72. The van der Waals surface area contributed by atoms with Crippen molar-refractivity contribution < 1.29 is 26.4 Å². The van der Waals surface area contributed by atoms with Gasteiger partial charge in [0, 0.05) is 5.69 Å². The first-order valence-electron chi connectivity index (χ1n) is 8.16. The highest BCUT2D eigenvalue weighted by molar-refractivity contribution is 7.92. The van der Waals surface area contributed by atoms with E-state index in [4.69, 9.17) is 11.6 Å². The normalized spacial score (nSPS) is 11.9. The van der Waals surface area contributed by atoms with E-state index in [0.717, 1.165) is 17.7 Å². The number of sulfonamides is 1. The fourth-order valence-electron chi connectivity index (χ4n) is 2.37. The molecule has 1 heterocycles. The molecule has 0 aliphatic heterocycles. The minimum Gasteiger partial charge on any atom is -0.320 e. The molecule has 3 rings (SSSR count). The van der Waals surface area contributed by atoms with Crippen LogP contribution >= 0.6 is 11.6 Å². The van der Waals surface area contributed by atoms with Crippen LogP contribution in [0, 0.1) is 6.92 Å². The average Bonchev–Trinajstić information content (AvgIpc) is 3.10. The standard InChI is InChI=1S/C17H13ClF3N5O3S/c1-9-2-5-11(6-3-9)30(28,29)25-15-14(23-26-24-15)16(27)22-10-4-7-13(18)12(8-10)17(19,20)21/h2-8H,1H3,(H,22,27)(H2,23,24,25,26). The Kier molecular flexibility index (Phi) is 5.72. The summed E-state index contributed by atoms with van der Waals surface area (Å²) in [4.78, 5) is 12.4. The highest BCUT2D eigenvalue weighted by Crippen LogP contribution is 2.36. The van der Waals surface area contributed by atoms with Crippen LogP contribution in [0.5, 0.6) is 0 Å². The van der Waals surface area contributed by atoms with E-state index >= 15 is 0 Å². The topological polar surface area (TPSA) is 117 Å². The number of alkyl halides is 3. The maximum Gasteiger partial charge on any atom is 0.417 e. The largest absolute Gasteiger partial charge is 0.417 e. The summed E-state index contributed by atoms with van der Waals surface area (Å²) in [5.41, 5.74) is -0.972. The third kappa shape index (κ3) is 4.71. The first-order chi connectivity index (χ1) is 14.0. The molecule has 3 aromatic rings. The number of rotatable bonds is 5. The fraction of sp³-hybridized carbons (Fsp3) is 0.118. The van der Waals surface area contributed by atoms with Gasteiger partial charge in [-0.15, -0.1) is 10.2 Å². The molecule has 0 bridgehead atoms. The molecule has 0 spiro atoms. The number of anilines is 2. The Morgan fingerprint density at radius 2 is 1.77 bits per heavy atom. The number of carbonyl (C=O) groups excluding carboxylic acids is 1. The maximum atomic E-state index is 13.0. The summed E-state index contributed by atoms with van der Waals surface area (Å²) >= 11 is 5.55. The molecule has 0 fully saturated rings. The minimum atomic E-state index is -4.72. The van der Waals surface area contributed by atoms with Crippen LogP contribution in [-0.2, 0) is 16.2 Å². The molecule has 8 nitrogen and oxygen atoms in total. The molecule has 0 saturated heterocycles. The van der Waals surface area contributed by atoms with E-state index in [1.807, 2.05) is 0 Å². The molecule has 0 aliphatic rings. The van der Waals surface area contributed by atoms with Crippen molar-refractivity contribution in [2.24, 2.45) is 0 Å². The van der Waals surface area contributed by atoms with Gasteiger partial charge in [0.2, 0.25) is 0 Å². The number of halogens is 4. The molecule has 0 radical (unpaired) electrons. The summed E-state index contributed by atoms with van der Waals surface area (Å²) < 4.78 is 66.0. The molecular weight excluding hydrogens is 447 g/mol. The van der Waals surface area contributed by atoms with Crippen LogP contribution in [0.1, 0.15) is 21.6 Å². The highest BCUT2D eigenvalue weighted by Gasteiger charge is 2.33. The lowest BCUT2D eigenvalue weighted by molar-refractivity contribution is -0.137. The van der Waals surface area contributed by atoms with Gasteiger partial charge in [-0.2, -0.15) is 18.4 Å². The van der Waals surface area contributed by atoms with Gasteiger partial charge in [0.25, 0.3) is 15.9 Å². The van der Waals surface area contributed by atoms with Crippen molar-refractivity contribution >= 4 is 39.0 Å². The Balaban J connectivity index is 1.83. The monoisotopic (exact) mass is 459 g/mol. The summed E-state index contributed by atoms with van der Waals surface area (Å²) in [5.74, 6) is -1.40. The van der Waals surface area contributed by atoms with Gasteiger partial charge in [-0.1, -0.05) is 29.3 Å². The van der Waals surface area contributed by atoms with Gasteiger partial charge in [0.15, 0.2) is 11.5 Å². The molecule has 2 aromatic carbocycles. The van der Waals surface area contributed by atoms with E-state index in [-0.39, 0.29) is 10.6 Å². The molecular formula is C17H13ClF3N5O3S. The van der Waals surface area contributed by atoms with Gasteiger partial charge in [-0.05, 0) is 37.3 Å². The number of benzene rings is 2. The summed E-state index contributed by atoms with van der Waals surface area (Å²) in [6, 6.07) is 8.69. The zero-order valence-electron chi connectivity index (χ0n) is 15.1. The average molecular weight is 460 g/mol. The molecule has 13 heteroatoms. The van der Waals surface area contributed by atoms with Crippen molar-refractivity contribution in [2.75, 3.05) is 10.0 Å². The lowest BCUT2D eigenvalue weighted by atomic mass is 10.2. The Labute approximate surface area is 173 Å². The second-order valence-corrected chi connectivity index (χ2v) is 8.18. The number of hydrogen-bond acceptors (Lipinski definition) is 5. The third-order valence-corrected chi connectivity index (χ3v) is 5.54. The van der Waals surface area contributed by atoms with E-state index in [2.05, 4.69) is 25.4 Å². The molecule has 0 atom stereocenters. The first kappa shape index (κ1) is 21.6. The van der Waals surface area contributed by atoms with Crippen molar-refractivity contribution in [3.05, 3.63) is 64.3 Å². The second kappa shape index (κ2) is 7.95. The van der Waals surface area contributed by atoms with Gasteiger partial charge in [0.05, 0.1) is 15.5 Å². The Hall–Kier alpha value is -3.12. The molecule has 1 aromatic heterocycles. The number of nitrogens with one attached hydrogen (secondary N) is 3. The molecule has 30 heavy (non-hydrogen) atoms. The molecule has 3 N–H and O–H groups in total. The van der Waals surface area contributed by atoms with E-state index in [1.54, 1.807) is 19.1 Å². The summed E-state index contributed by atoms with van der Waals surface area (Å²) in [6.45, 7) is 1.78. The smallest absolute Gasteiger partial charge is 0.320 e. The zero-order valence-corrected chi connectivity index (χ0v) is 16.7. The van der Waals surface area contributed by atoms with Gasteiger partial charge < -0.3 is 5.32 Å². The number of H-pyrrole nitrogens is 1. The van der Waals surface area contributed by atoms with Crippen LogP contribution in [0.4, 0.5) is 24.7 Å². The van der Waals surface area contributed by atoms with Gasteiger partial charge in [-0.25, -0.2) is 8.42 Å². The van der Waals surface area contributed by atoms with Gasteiger partial charge >= 0.3 is 6.18 Å². The van der Waals surface area contributed by atoms with Gasteiger partial charge in [0.1, 0.15) is 0 Å². The SMILES string of the molecule is Cc1ccc(S(=O)(=O)Nc2n[nH]nc2C(=O)Nc2ccc(Cl)c(C(F)(F)F)c2)cc1. The number of aryl methyl sites for hydroxylation is 1. The van der Waals surface area contributed by atoms with E-state index in [1.165, 1.54) is 12.1 Å². The molecule has 158 valence electrons. The fourth-order valence-corrected chi connectivity index (χ4v) is 3.61. The van der Waals surface area contributed by atoms with Crippen molar-refractivity contribution in [3.63, 3.8) is 0 Å². The van der Waals surface area contributed by atoms with Crippen LogP contribution in [0.15, 0.2) is 47.4 Å². The summed E-state index contributed by atoms with van der Waals surface area (Å²) in [5, 5.41) is 10.9. The quantitative estimate of drug-likeness (QED) is 0.536. The first-order valence-corrected chi connectivity index (χ1v) is 10.0. The lowest BCUT2D eigenvalue weighted by Gasteiger charge is -2.11. The van der Waals surface area contributed by atoms with Crippen molar-refractivity contribution in [2.45, 2.75) is 18.0 Å². The molecule has 0 aliphatic carbocycles. The van der Waals surface area contributed by atoms with E-state index < -0.39 is 44.2 Å². The van der Waals surface area contributed by atoms with Crippen LogP contribution in [0.3, 0.4) is 0 Å². The maximum absolute atomic E-state index is 13.0. The predicted molar refractivity (Wildman–Crippen MR) is 103 cm³/mol. The van der Waals surface area contributed by atoms with Gasteiger partial charge in [-0.3, -0.25) is 9.52 Å². The Bertz CT molecular complexity index is 1190. The predicted octanol–water partition coefficient (Wildman–Crippen LogP) is 3.84. The second-order valence-electron chi connectivity index (χ2n) is 6.09. The molecule has 0 saturated carbocycles. The minimum absolute atomic E-state index is 0.0741. The molecule has 1 amide bonds. The number of carbonyl (C=O) groups is 1. The zero-order chi connectivity index (χ0) is 22.1. The Morgan fingerprint density at radius 3 is 2.40 bits per heavy atom. The van der Waals surface area contributed by atoms with E-state index in [0.29, 0.717) is 6.07 Å². The highest BCUT2D eigenvalue weighted by atomic mass is 35.5. The number of aromatic amines is 1. The van der Waals surface area contributed by atoms with Crippen LogP contribution in [0.2, 0.25) is 5.02 Å². The van der Waals surface area contributed by atoms with Crippen LogP contribution in [0.25, 0.3) is 0 Å². The van der Waals surface area contributed by atoms with Crippen LogP contribution < -0.4 is 10.0 Å². The number of aromatic nitrogens is 3. The van der Waals surface area contributed by atoms with Crippen molar-refractivity contribution in [3.8, 4) is 0 Å².